The fraction of sp³-hybridized carbons (Fsp3) is 0.429. The van der Waals surface area contributed by atoms with E-state index in [9.17, 15) is 0 Å². The fourth-order valence-corrected chi connectivity index (χ4v) is 7.04. The first-order chi connectivity index (χ1) is 10.9. The molecule has 115 valence electrons. The van der Waals surface area contributed by atoms with Crippen LogP contribution in [-0.2, 0) is 12.1 Å². The smallest absolute Gasteiger partial charge is 0.0574 e. The molecular weight excluding hydrogens is 280 g/mol. The van der Waals surface area contributed by atoms with Gasteiger partial charge in [-0.25, -0.2) is 0 Å². The lowest BCUT2D eigenvalue weighted by atomic mass is 9.91. The van der Waals surface area contributed by atoms with Crippen LogP contribution in [0.25, 0.3) is 0 Å². The summed E-state index contributed by atoms with van der Waals surface area (Å²) in [5.74, 6) is 1.01. The van der Waals surface area contributed by atoms with Crippen LogP contribution < -0.4 is 0 Å². The van der Waals surface area contributed by atoms with Crippen molar-refractivity contribution >= 4 is 8.80 Å². The maximum absolute atomic E-state index is 2.32. The molecule has 1 fully saturated rings. The second-order valence-corrected chi connectivity index (χ2v) is 9.40. The van der Waals surface area contributed by atoms with Crippen molar-refractivity contribution < 1.29 is 0 Å². The van der Waals surface area contributed by atoms with Gasteiger partial charge in [0.15, 0.2) is 0 Å². The molecule has 0 unspecified atom stereocenters. The van der Waals surface area contributed by atoms with Crippen molar-refractivity contribution in [2.24, 2.45) is 5.92 Å². The van der Waals surface area contributed by atoms with Gasteiger partial charge in [-0.1, -0.05) is 110 Å². The SMILES string of the molecule is c1ccc(C[Si](Cc2ccccc2)CC2CCCCC2)cc1. The molecule has 1 aliphatic rings. The number of hydrogen-bond acceptors (Lipinski definition) is 0. The third kappa shape index (κ3) is 4.84. The Kier molecular flexibility index (Phi) is 5.89. The molecule has 0 aromatic heterocycles. The molecule has 0 atom stereocenters. The van der Waals surface area contributed by atoms with E-state index in [-0.39, 0.29) is 8.80 Å². The summed E-state index contributed by atoms with van der Waals surface area (Å²) in [5, 5.41) is 0. The lowest BCUT2D eigenvalue weighted by Crippen LogP contribution is -2.25. The monoisotopic (exact) mass is 307 g/mol. The highest BCUT2D eigenvalue weighted by molar-refractivity contribution is 6.57. The fourth-order valence-electron chi connectivity index (χ4n) is 3.78. The van der Waals surface area contributed by atoms with E-state index in [0.29, 0.717) is 0 Å². The first-order valence-corrected chi connectivity index (χ1v) is 10.9. The molecule has 1 heteroatoms. The minimum Gasteiger partial charge on any atom is -0.0622 e. The second-order valence-electron chi connectivity index (χ2n) is 6.78. The van der Waals surface area contributed by atoms with Gasteiger partial charge in [0, 0.05) is 0 Å². The molecule has 2 aromatic rings. The predicted molar refractivity (Wildman–Crippen MR) is 97.4 cm³/mol. The second kappa shape index (κ2) is 8.33. The molecule has 0 aliphatic heterocycles. The Morgan fingerprint density at radius 1 is 0.682 bits per heavy atom. The van der Waals surface area contributed by atoms with E-state index >= 15 is 0 Å². The zero-order chi connectivity index (χ0) is 15.0. The molecule has 2 aromatic carbocycles. The van der Waals surface area contributed by atoms with Crippen LogP contribution in [0.2, 0.25) is 6.04 Å². The summed E-state index contributed by atoms with van der Waals surface area (Å²) in [4.78, 5) is 0. The Balaban J connectivity index is 1.66. The zero-order valence-electron chi connectivity index (χ0n) is 13.5. The lowest BCUT2D eigenvalue weighted by Gasteiger charge is -2.26. The molecule has 0 amide bonds. The Hall–Kier alpha value is -1.34. The van der Waals surface area contributed by atoms with E-state index in [4.69, 9.17) is 0 Å². The number of benzene rings is 2. The van der Waals surface area contributed by atoms with Crippen LogP contribution in [0.15, 0.2) is 60.7 Å². The molecule has 0 heterocycles. The van der Waals surface area contributed by atoms with Crippen LogP contribution in [0, 0.1) is 5.92 Å². The van der Waals surface area contributed by atoms with Gasteiger partial charge in [-0.05, 0) is 18.0 Å². The zero-order valence-corrected chi connectivity index (χ0v) is 14.5. The third-order valence-corrected chi connectivity index (χ3v) is 7.87. The highest BCUT2D eigenvalue weighted by atomic mass is 28.3. The first kappa shape index (κ1) is 15.5. The highest BCUT2D eigenvalue weighted by Gasteiger charge is 2.21. The molecule has 0 spiro atoms. The number of hydrogen-bond donors (Lipinski definition) is 0. The first-order valence-electron chi connectivity index (χ1n) is 8.81. The van der Waals surface area contributed by atoms with E-state index in [1.54, 1.807) is 11.1 Å². The average molecular weight is 308 g/mol. The van der Waals surface area contributed by atoms with Crippen molar-refractivity contribution in [3.05, 3.63) is 71.8 Å². The van der Waals surface area contributed by atoms with Gasteiger partial charge < -0.3 is 0 Å². The molecule has 1 radical (unpaired) electrons. The normalized spacial score (nSPS) is 16.0. The molecular formula is C21H27Si. The largest absolute Gasteiger partial charge is 0.0622 e. The number of rotatable bonds is 6. The highest BCUT2D eigenvalue weighted by Crippen LogP contribution is 2.29. The predicted octanol–water partition coefficient (Wildman–Crippen LogP) is 5.63. The summed E-state index contributed by atoms with van der Waals surface area (Å²) in [6.07, 6.45) is 7.37. The topological polar surface area (TPSA) is 0 Å². The summed E-state index contributed by atoms with van der Waals surface area (Å²) < 4.78 is 0. The van der Waals surface area contributed by atoms with Crippen LogP contribution in [0.3, 0.4) is 0 Å². The van der Waals surface area contributed by atoms with Crippen molar-refractivity contribution in [1.82, 2.24) is 0 Å². The Bertz CT molecular complexity index is 487. The van der Waals surface area contributed by atoms with E-state index in [1.165, 1.54) is 50.2 Å². The van der Waals surface area contributed by atoms with Crippen LogP contribution >= 0.6 is 0 Å². The standard InChI is InChI=1S/C21H27Si/c1-4-10-19(11-5-1)16-22(17-20-12-6-2-7-13-20)18-21-14-8-3-9-15-21/h1-2,4-7,10-13,21H,3,8-9,14-18H2. The van der Waals surface area contributed by atoms with Gasteiger partial charge in [0.1, 0.15) is 0 Å². The van der Waals surface area contributed by atoms with E-state index in [1.807, 2.05) is 0 Å². The Morgan fingerprint density at radius 3 is 1.68 bits per heavy atom. The lowest BCUT2D eigenvalue weighted by molar-refractivity contribution is 0.382. The van der Waals surface area contributed by atoms with Crippen LogP contribution in [0.4, 0.5) is 0 Å². The Morgan fingerprint density at radius 2 is 1.18 bits per heavy atom. The third-order valence-electron chi connectivity index (χ3n) is 4.90. The van der Waals surface area contributed by atoms with Gasteiger partial charge in [0.05, 0.1) is 8.80 Å². The summed E-state index contributed by atoms with van der Waals surface area (Å²) >= 11 is 0. The summed E-state index contributed by atoms with van der Waals surface area (Å²) in [5.41, 5.74) is 3.09. The van der Waals surface area contributed by atoms with Gasteiger partial charge >= 0.3 is 0 Å². The molecule has 3 rings (SSSR count). The van der Waals surface area contributed by atoms with Gasteiger partial charge in [0.25, 0.3) is 0 Å². The van der Waals surface area contributed by atoms with Crippen LogP contribution in [-0.4, -0.2) is 8.80 Å². The van der Waals surface area contributed by atoms with Gasteiger partial charge in [-0.3, -0.25) is 0 Å². The van der Waals surface area contributed by atoms with E-state index in [0.717, 1.165) is 5.92 Å². The van der Waals surface area contributed by atoms with Crippen LogP contribution in [0.1, 0.15) is 43.2 Å². The van der Waals surface area contributed by atoms with Crippen molar-refractivity contribution in [2.75, 3.05) is 0 Å². The van der Waals surface area contributed by atoms with Crippen molar-refractivity contribution in [1.29, 1.82) is 0 Å². The van der Waals surface area contributed by atoms with Gasteiger partial charge in [-0.15, -0.1) is 0 Å². The molecule has 0 saturated heterocycles. The quantitative estimate of drug-likeness (QED) is 0.607. The molecule has 22 heavy (non-hydrogen) atoms. The average Bonchev–Trinajstić information content (AvgIpc) is 2.57. The van der Waals surface area contributed by atoms with Gasteiger partial charge in [-0.2, -0.15) is 0 Å². The summed E-state index contributed by atoms with van der Waals surface area (Å²) in [7, 11) is -0.348. The van der Waals surface area contributed by atoms with E-state index < -0.39 is 0 Å². The molecule has 1 saturated carbocycles. The maximum atomic E-state index is 2.32. The molecule has 1 aliphatic carbocycles. The Labute approximate surface area is 137 Å². The maximum Gasteiger partial charge on any atom is 0.0574 e. The van der Waals surface area contributed by atoms with Crippen molar-refractivity contribution in [3.8, 4) is 0 Å². The minimum absolute atomic E-state index is 0.348. The van der Waals surface area contributed by atoms with E-state index in [2.05, 4.69) is 60.7 Å². The van der Waals surface area contributed by atoms with Crippen LogP contribution in [0.5, 0.6) is 0 Å². The molecule has 0 nitrogen and oxygen atoms in total. The summed E-state index contributed by atoms with van der Waals surface area (Å²) in [6.45, 7) is 0. The molecule has 0 bridgehead atoms. The van der Waals surface area contributed by atoms with Crippen molar-refractivity contribution in [3.63, 3.8) is 0 Å². The minimum atomic E-state index is -0.348. The van der Waals surface area contributed by atoms with Crippen molar-refractivity contribution in [2.45, 2.75) is 50.2 Å². The van der Waals surface area contributed by atoms with Gasteiger partial charge in [0.2, 0.25) is 0 Å². The molecule has 0 N–H and O–H groups in total. The summed E-state index contributed by atoms with van der Waals surface area (Å²) in [6, 6.07) is 26.5.